The minimum Gasteiger partial charge on any atom is -0.355 e. The zero-order valence-electron chi connectivity index (χ0n) is 13.0. The van der Waals surface area contributed by atoms with Crippen molar-refractivity contribution >= 4 is 18.3 Å². The molecule has 0 spiro atoms. The van der Waals surface area contributed by atoms with Gasteiger partial charge in [0.1, 0.15) is 0 Å². The van der Waals surface area contributed by atoms with Crippen LogP contribution in [0.1, 0.15) is 51.1 Å². The molecule has 2 unspecified atom stereocenters. The molecule has 0 aliphatic heterocycles. The van der Waals surface area contributed by atoms with Gasteiger partial charge in [-0.15, -0.1) is 12.4 Å². The van der Waals surface area contributed by atoms with Gasteiger partial charge in [0.15, 0.2) is 0 Å². The monoisotopic (exact) mass is 310 g/mol. The summed E-state index contributed by atoms with van der Waals surface area (Å²) in [5, 5.41) is 3.11. The normalized spacial score (nSPS) is 18.8. The molecule has 1 aromatic carbocycles. The molecule has 2 atom stereocenters. The van der Waals surface area contributed by atoms with Crippen LogP contribution in [-0.2, 0) is 4.79 Å². The first-order valence-corrected chi connectivity index (χ1v) is 7.66. The molecule has 0 saturated heterocycles. The third-order valence-electron chi connectivity index (χ3n) is 4.94. The fraction of sp³-hybridized carbons (Fsp3) is 0.588. The van der Waals surface area contributed by atoms with Crippen molar-refractivity contribution in [3.05, 3.63) is 35.9 Å². The largest absolute Gasteiger partial charge is 0.355 e. The van der Waals surface area contributed by atoms with E-state index in [0.29, 0.717) is 5.41 Å². The van der Waals surface area contributed by atoms with Gasteiger partial charge in [-0.1, -0.05) is 50.6 Å². The Balaban J connectivity index is 0.00000220. The van der Waals surface area contributed by atoms with Crippen molar-refractivity contribution in [1.82, 2.24) is 5.32 Å². The van der Waals surface area contributed by atoms with Crippen molar-refractivity contribution in [2.75, 3.05) is 6.54 Å². The predicted octanol–water partition coefficient (Wildman–Crippen LogP) is 3.44. The molecule has 2 rings (SSSR count). The van der Waals surface area contributed by atoms with Crippen LogP contribution < -0.4 is 11.1 Å². The standard InChI is InChI=1S/C17H26N2O.ClH/c1-3-17(10-7-11-17)12-19-16(20)13(2)15(18)14-8-5-4-6-9-14;/h4-6,8-9,13,15H,3,7,10-12,18H2,1-2H3,(H,19,20);1H. The van der Waals surface area contributed by atoms with Gasteiger partial charge in [0.25, 0.3) is 0 Å². The topological polar surface area (TPSA) is 55.1 Å². The molecule has 3 nitrogen and oxygen atoms in total. The van der Waals surface area contributed by atoms with Gasteiger partial charge in [0.2, 0.25) is 5.91 Å². The predicted molar refractivity (Wildman–Crippen MR) is 89.4 cm³/mol. The highest BCUT2D eigenvalue weighted by Crippen LogP contribution is 2.43. The fourth-order valence-corrected chi connectivity index (χ4v) is 2.89. The lowest BCUT2D eigenvalue weighted by molar-refractivity contribution is -0.126. The van der Waals surface area contributed by atoms with Gasteiger partial charge in [-0.2, -0.15) is 0 Å². The molecule has 21 heavy (non-hydrogen) atoms. The van der Waals surface area contributed by atoms with Crippen molar-refractivity contribution in [1.29, 1.82) is 0 Å². The number of halogens is 1. The number of amides is 1. The maximum atomic E-state index is 12.3. The number of nitrogens with two attached hydrogens (primary N) is 1. The van der Waals surface area contributed by atoms with Crippen molar-refractivity contribution in [3.63, 3.8) is 0 Å². The maximum absolute atomic E-state index is 12.3. The van der Waals surface area contributed by atoms with E-state index >= 15 is 0 Å². The van der Waals surface area contributed by atoms with E-state index in [0.717, 1.165) is 18.5 Å². The second kappa shape index (κ2) is 7.81. The van der Waals surface area contributed by atoms with E-state index < -0.39 is 0 Å². The molecular weight excluding hydrogens is 284 g/mol. The first-order valence-electron chi connectivity index (χ1n) is 7.66. The molecule has 1 aliphatic rings. The van der Waals surface area contributed by atoms with Gasteiger partial charge in [0.05, 0.1) is 5.92 Å². The third-order valence-corrected chi connectivity index (χ3v) is 4.94. The molecule has 118 valence electrons. The number of hydrogen-bond acceptors (Lipinski definition) is 2. The molecule has 0 radical (unpaired) electrons. The maximum Gasteiger partial charge on any atom is 0.224 e. The lowest BCUT2D eigenvalue weighted by Crippen LogP contribution is -2.44. The second-order valence-electron chi connectivity index (χ2n) is 6.15. The van der Waals surface area contributed by atoms with Crippen molar-refractivity contribution < 1.29 is 4.79 Å². The molecular formula is C17H27ClN2O. The quantitative estimate of drug-likeness (QED) is 0.845. The Morgan fingerprint density at radius 3 is 2.43 bits per heavy atom. The van der Waals surface area contributed by atoms with Gasteiger partial charge in [0, 0.05) is 12.6 Å². The highest BCUT2D eigenvalue weighted by Gasteiger charge is 2.35. The van der Waals surface area contributed by atoms with Crippen molar-refractivity contribution in [2.45, 2.75) is 45.6 Å². The highest BCUT2D eigenvalue weighted by molar-refractivity contribution is 5.85. The van der Waals surface area contributed by atoms with Crippen LogP contribution in [0.5, 0.6) is 0 Å². The molecule has 1 aromatic rings. The molecule has 1 fully saturated rings. The van der Waals surface area contributed by atoms with Gasteiger partial charge in [-0.05, 0) is 30.2 Å². The summed E-state index contributed by atoms with van der Waals surface area (Å²) in [6, 6.07) is 9.60. The highest BCUT2D eigenvalue weighted by atomic mass is 35.5. The summed E-state index contributed by atoms with van der Waals surface area (Å²) in [6.45, 7) is 4.92. The van der Waals surface area contributed by atoms with Gasteiger partial charge in [-0.25, -0.2) is 0 Å². The summed E-state index contributed by atoms with van der Waals surface area (Å²) in [5.41, 5.74) is 7.57. The van der Waals surface area contributed by atoms with E-state index in [1.807, 2.05) is 37.3 Å². The van der Waals surface area contributed by atoms with Crippen LogP contribution >= 0.6 is 12.4 Å². The van der Waals surface area contributed by atoms with Crippen LogP contribution in [0.15, 0.2) is 30.3 Å². The van der Waals surface area contributed by atoms with Crippen LogP contribution in [0.3, 0.4) is 0 Å². The van der Waals surface area contributed by atoms with Gasteiger partial charge < -0.3 is 11.1 Å². The summed E-state index contributed by atoms with van der Waals surface area (Å²) in [7, 11) is 0. The van der Waals surface area contributed by atoms with E-state index in [1.54, 1.807) is 0 Å². The average molecular weight is 311 g/mol. The SMILES string of the molecule is CCC1(CNC(=O)C(C)C(N)c2ccccc2)CCC1.Cl. The number of benzene rings is 1. The average Bonchev–Trinajstić information content (AvgIpc) is 2.45. The summed E-state index contributed by atoms with van der Waals surface area (Å²) >= 11 is 0. The van der Waals surface area contributed by atoms with Gasteiger partial charge >= 0.3 is 0 Å². The Morgan fingerprint density at radius 1 is 1.33 bits per heavy atom. The number of carbonyl (C=O) groups excluding carboxylic acids is 1. The molecule has 1 amide bonds. The summed E-state index contributed by atoms with van der Waals surface area (Å²) in [6.07, 6.45) is 4.92. The molecule has 4 heteroatoms. The zero-order valence-corrected chi connectivity index (χ0v) is 13.8. The lowest BCUT2D eigenvalue weighted by atomic mass is 9.67. The number of rotatable bonds is 6. The van der Waals surface area contributed by atoms with Crippen LogP contribution in [-0.4, -0.2) is 12.5 Å². The van der Waals surface area contributed by atoms with E-state index in [4.69, 9.17) is 5.73 Å². The number of hydrogen-bond donors (Lipinski definition) is 2. The molecule has 1 saturated carbocycles. The minimum atomic E-state index is -0.241. The second-order valence-corrected chi connectivity index (χ2v) is 6.15. The lowest BCUT2D eigenvalue weighted by Gasteiger charge is -2.41. The van der Waals surface area contributed by atoms with Crippen molar-refractivity contribution in [3.8, 4) is 0 Å². The minimum absolute atomic E-state index is 0. The fourth-order valence-electron chi connectivity index (χ4n) is 2.89. The summed E-state index contributed by atoms with van der Waals surface area (Å²) in [4.78, 5) is 12.3. The van der Waals surface area contributed by atoms with E-state index in [-0.39, 0.29) is 30.3 Å². The van der Waals surface area contributed by atoms with E-state index in [2.05, 4.69) is 12.2 Å². The Kier molecular flexibility index (Phi) is 6.69. The van der Waals surface area contributed by atoms with Crippen LogP contribution in [0.2, 0.25) is 0 Å². The first kappa shape index (κ1) is 18.0. The van der Waals surface area contributed by atoms with E-state index in [9.17, 15) is 4.79 Å². The molecule has 0 aromatic heterocycles. The zero-order chi connectivity index (χ0) is 14.6. The summed E-state index contributed by atoms with van der Waals surface area (Å²) in [5.74, 6) is -0.132. The third kappa shape index (κ3) is 4.21. The number of carbonyl (C=O) groups is 1. The molecule has 1 aliphatic carbocycles. The van der Waals surface area contributed by atoms with Crippen LogP contribution in [0.4, 0.5) is 0 Å². The number of nitrogens with one attached hydrogen (secondary N) is 1. The Bertz CT molecular complexity index is 440. The van der Waals surface area contributed by atoms with Crippen LogP contribution in [0, 0.1) is 11.3 Å². The Morgan fingerprint density at radius 2 is 1.95 bits per heavy atom. The van der Waals surface area contributed by atoms with Crippen LogP contribution in [0.25, 0.3) is 0 Å². The van der Waals surface area contributed by atoms with Crippen molar-refractivity contribution in [2.24, 2.45) is 17.1 Å². The smallest absolute Gasteiger partial charge is 0.224 e. The Hall–Kier alpha value is -1.06. The Labute approximate surface area is 134 Å². The molecule has 3 N–H and O–H groups in total. The molecule has 0 bridgehead atoms. The first-order chi connectivity index (χ1) is 9.58. The summed E-state index contributed by atoms with van der Waals surface area (Å²) < 4.78 is 0. The molecule has 0 heterocycles. The van der Waals surface area contributed by atoms with Gasteiger partial charge in [-0.3, -0.25) is 4.79 Å². The van der Waals surface area contributed by atoms with E-state index in [1.165, 1.54) is 19.3 Å².